The van der Waals surface area contributed by atoms with Crippen molar-refractivity contribution in [2.24, 2.45) is 5.92 Å². The molecule has 94 valence electrons. The van der Waals surface area contributed by atoms with Crippen LogP contribution in [0.15, 0.2) is 29.2 Å². The van der Waals surface area contributed by atoms with E-state index >= 15 is 0 Å². The van der Waals surface area contributed by atoms with E-state index in [1.807, 2.05) is 26.1 Å². The van der Waals surface area contributed by atoms with Crippen LogP contribution in [-0.2, 0) is 16.6 Å². The topological polar surface area (TPSA) is 58.2 Å². The summed E-state index contributed by atoms with van der Waals surface area (Å²) in [4.78, 5) is 0.344. The van der Waals surface area contributed by atoms with Crippen molar-refractivity contribution in [2.75, 3.05) is 7.05 Å². The largest absolute Gasteiger partial charge is 0.316 e. The highest BCUT2D eigenvalue weighted by atomic mass is 32.2. The first-order chi connectivity index (χ1) is 8.03. The van der Waals surface area contributed by atoms with Gasteiger partial charge in [-0.25, -0.2) is 13.1 Å². The minimum Gasteiger partial charge on any atom is -0.316 e. The highest BCUT2D eigenvalue weighted by molar-refractivity contribution is 7.89. The Morgan fingerprint density at radius 1 is 1.29 bits per heavy atom. The van der Waals surface area contributed by atoms with E-state index in [2.05, 4.69) is 10.0 Å². The van der Waals surface area contributed by atoms with Gasteiger partial charge in [0.15, 0.2) is 0 Å². The number of hydrogen-bond acceptors (Lipinski definition) is 3. The van der Waals surface area contributed by atoms with Crippen molar-refractivity contribution in [3.05, 3.63) is 29.8 Å². The molecule has 0 heterocycles. The lowest BCUT2D eigenvalue weighted by Gasteiger charge is -2.07. The molecule has 17 heavy (non-hydrogen) atoms. The van der Waals surface area contributed by atoms with Crippen molar-refractivity contribution in [1.29, 1.82) is 0 Å². The zero-order valence-corrected chi connectivity index (χ0v) is 10.9. The minimum atomic E-state index is -3.33. The molecule has 0 bridgehead atoms. The SMILES string of the molecule is CNCc1ccc(S(=O)(=O)NC2CC2C)cc1. The summed E-state index contributed by atoms with van der Waals surface area (Å²) in [5.41, 5.74) is 1.08. The normalized spacial score (nSPS) is 23.6. The molecule has 0 amide bonds. The Morgan fingerprint density at radius 2 is 1.88 bits per heavy atom. The van der Waals surface area contributed by atoms with Crippen LogP contribution in [0, 0.1) is 5.92 Å². The van der Waals surface area contributed by atoms with Crippen molar-refractivity contribution in [3.63, 3.8) is 0 Å². The molecular formula is C12H18N2O2S. The van der Waals surface area contributed by atoms with Crippen molar-refractivity contribution in [3.8, 4) is 0 Å². The van der Waals surface area contributed by atoms with Crippen molar-refractivity contribution in [1.82, 2.24) is 10.0 Å². The lowest BCUT2D eigenvalue weighted by atomic mass is 10.2. The predicted octanol–water partition coefficient (Wildman–Crippen LogP) is 1.09. The molecule has 2 unspecified atom stereocenters. The summed E-state index contributed by atoms with van der Waals surface area (Å²) in [6.07, 6.45) is 0.942. The van der Waals surface area contributed by atoms with Crippen LogP contribution in [0.3, 0.4) is 0 Å². The molecule has 1 aliphatic carbocycles. The molecule has 1 saturated carbocycles. The van der Waals surface area contributed by atoms with Crippen molar-refractivity contribution < 1.29 is 8.42 Å². The van der Waals surface area contributed by atoms with Gasteiger partial charge in [-0.1, -0.05) is 19.1 Å². The summed E-state index contributed by atoms with van der Waals surface area (Å²) < 4.78 is 26.6. The van der Waals surface area contributed by atoms with Crippen LogP contribution >= 0.6 is 0 Å². The van der Waals surface area contributed by atoms with Gasteiger partial charge in [-0.05, 0) is 37.1 Å². The smallest absolute Gasteiger partial charge is 0.240 e. The number of sulfonamides is 1. The van der Waals surface area contributed by atoms with Crippen LogP contribution in [0.2, 0.25) is 0 Å². The fourth-order valence-electron chi connectivity index (χ4n) is 1.74. The fraction of sp³-hybridized carbons (Fsp3) is 0.500. The molecule has 0 aliphatic heterocycles. The summed E-state index contributed by atoms with van der Waals surface area (Å²) in [5, 5.41) is 3.03. The van der Waals surface area contributed by atoms with E-state index in [4.69, 9.17) is 0 Å². The summed E-state index contributed by atoms with van der Waals surface area (Å²) in [5.74, 6) is 0.466. The zero-order valence-electron chi connectivity index (χ0n) is 10.1. The average Bonchev–Trinajstić information content (AvgIpc) is 2.94. The molecule has 4 nitrogen and oxygen atoms in total. The van der Waals surface area contributed by atoms with Crippen molar-refractivity contribution >= 4 is 10.0 Å². The molecular weight excluding hydrogens is 236 g/mol. The molecule has 1 aliphatic rings. The number of rotatable bonds is 5. The van der Waals surface area contributed by atoms with E-state index in [0.717, 1.165) is 18.5 Å². The average molecular weight is 254 g/mol. The molecule has 5 heteroatoms. The first-order valence-corrected chi connectivity index (χ1v) is 7.27. The molecule has 1 fully saturated rings. The number of benzene rings is 1. The Labute approximate surface area is 102 Å². The van der Waals surface area contributed by atoms with Gasteiger partial charge < -0.3 is 5.32 Å². The Hall–Kier alpha value is -0.910. The van der Waals surface area contributed by atoms with Crippen LogP contribution < -0.4 is 10.0 Å². The second-order valence-electron chi connectivity index (χ2n) is 4.62. The molecule has 2 rings (SSSR count). The summed E-state index contributed by atoms with van der Waals surface area (Å²) in [7, 11) is -1.47. The van der Waals surface area contributed by atoms with Gasteiger partial charge >= 0.3 is 0 Å². The number of hydrogen-bond donors (Lipinski definition) is 2. The number of nitrogens with one attached hydrogen (secondary N) is 2. The highest BCUT2D eigenvalue weighted by Gasteiger charge is 2.36. The Morgan fingerprint density at radius 3 is 2.35 bits per heavy atom. The van der Waals surface area contributed by atoms with Gasteiger partial charge in [-0.3, -0.25) is 0 Å². The predicted molar refractivity (Wildman–Crippen MR) is 67.1 cm³/mol. The summed E-state index contributed by atoms with van der Waals surface area (Å²) in [6.45, 7) is 2.79. The monoisotopic (exact) mass is 254 g/mol. The van der Waals surface area contributed by atoms with E-state index in [9.17, 15) is 8.42 Å². The van der Waals surface area contributed by atoms with E-state index < -0.39 is 10.0 Å². The lowest BCUT2D eigenvalue weighted by Crippen LogP contribution is -2.26. The van der Waals surface area contributed by atoms with E-state index in [-0.39, 0.29) is 6.04 Å². The van der Waals surface area contributed by atoms with Gasteiger partial charge in [0.25, 0.3) is 0 Å². The first-order valence-electron chi connectivity index (χ1n) is 5.79. The van der Waals surface area contributed by atoms with Gasteiger partial charge in [-0.2, -0.15) is 0 Å². The summed E-state index contributed by atoms with van der Waals surface area (Å²) in [6, 6.07) is 7.10. The molecule has 1 aromatic rings. The molecule has 0 spiro atoms. The molecule has 0 aromatic heterocycles. The van der Waals surface area contributed by atoms with Crippen LogP contribution in [0.4, 0.5) is 0 Å². The highest BCUT2D eigenvalue weighted by Crippen LogP contribution is 2.30. The Balaban J connectivity index is 2.10. The third-order valence-electron chi connectivity index (χ3n) is 3.03. The Bertz CT molecular complexity index is 482. The lowest BCUT2D eigenvalue weighted by molar-refractivity contribution is 0.578. The van der Waals surface area contributed by atoms with Gasteiger partial charge in [0.05, 0.1) is 4.90 Å². The van der Waals surface area contributed by atoms with Gasteiger partial charge in [0.1, 0.15) is 0 Å². The summed E-state index contributed by atoms with van der Waals surface area (Å²) >= 11 is 0. The molecule has 0 saturated heterocycles. The zero-order chi connectivity index (χ0) is 12.5. The van der Waals surface area contributed by atoms with E-state index in [0.29, 0.717) is 10.8 Å². The second-order valence-corrected chi connectivity index (χ2v) is 6.33. The maximum absolute atomic E-state index is 12.0. The molecule has 1 aromatic carbocycles. The third-order valence-corrected chi connectivity index (χ3v) is 4.54. The molecule has 0 radical (unpaired) electrons. The quantitative estimate of drug-likeness (QED) is 0.827. The van der Waals surface area contributed by atoms with Crippen LogP contribution in [-0.4, -0.2) is 21.5 Å². The van der Waals surface area contributed by atoms with Gasteiger partial charge in [0, 0.05) is 12.6 Å². The Kier molecular flexibility index (Phi) is 3.51. The molecule has 2 atom stereocenters. The van der Waals surface area contributed by atoms with Crippen LogP contribution in [0.1, 0.15) is 18.9 Å². The standard InChI is InChI=1S/C12H18N2O2S/c1-9-7-12(9)14-17(15,16)11-5-3-10(4-6-11)8-13-2/h3-6,9,12-14H,7-8H2,1-2H3. The van der Waals surface area contributed by atoms with E-state index in [1.54, 1.807) is 12.1 Å². The van der Waals surface area contributed by atoms with Gasteiger partial charge in [0.2, 0.25) is 10.0 Å². The van der Waals surface area contributed by atoms with Crippen LogP contribution in [0.25, 0.3) is 0 Å². The second kappa shape index (κ2) is 4.76. The van der Waals surface area contributed by atoms with Crippen molar-refractivity contribution in [2.45, 2.75) is 30.8 Å². The maximum atomic E-state index is 12.0. The van der Waals surface area contributed by atoms with Gasteiger partial charge in [-0.15, -0.1) is 0 Å². The fourth-order valence-corrected chi connectivity index (χ4v) is 3.10. The van der Waals surface area contributed by atoms with E-state index in [1.165, 1.54) is 0 Å². The maximum Gasteiger partial charge on any atom is 0.240 e. The third kappa shape index (κ3) is 3.06. The molecule has 2 N–H and O–H groups in total. The van der Waals surface area contributed by atoms with Crippen LogP contribution in [0.5, 0.6) is 0 Å². The first kappa shape index (κ1) is 12.5. The minimum absolute atomic E-state index is 0.122.